The van der Waals surface area contributed by atoms with E-state index in [-0.39, 0.29) is 5.54 Å². The molecular formula is C17H22BrNO2. The van der Waals surface area contributed by atoms with E-state index in [1.165, 1.54) is 0 Å². The van der Waals surface area contributed by atoms with Crippen LogP contribution in [0, 0.1) is 0 Å². The van der Waals surface area contributed by atoms with E-state index in [4.69, 9.17) is 9.15 Å². The second-order valence-electron chi connectivity index (χ2n) is 6.14. The van der Waals surface area contributed by atoms with Gasteiger partial charge in [0.05, 0.1) is 12.9 Å². The topological polar surface area (TPSA) is 34.4 Å². The quantitative estimate of drug-likeness (QED) is 0.822. The largest absolute Gasteiger partial charge is 0.467 e. The van der Waals surface area contributed by atoms with Crippen molar-refractivity contribution in [3.63, 3.8) is 0 Å². The number of hydrogen-bond donors (Lipinski definition) is 1. The summed E-state index contributed by atoms with van der Waals surface area (Å²) in [5.74, 6) is 0.859. The molecule has 0 saturated heterocycles. The first-order valence-corrected chi connectivity index (χ1v) is 7.85. The minimum absolute atomic E-state index is 0.107. The van der Waals surface area contributed by atoms with Crippen LogP contribution < -0.4 is 5.32 Å². The van der Waals surface area contributed by atoms with Gasteiger partial charge < -0.3 is 14.5 Å². The fourth-order valence-electron chi connectivity index (χ4n) is 1.81. The zero-order valence-corrected chi connectivity index (χ0v) is 14.4. The van der Waals surface area contributed by atoms with E-state index in [2.05, 4.69) is 42.0 Å². The number of hydrogen-bond acceptors (Lipinski definition) is 3. The van der Waals surface area contributed by atoms with Gasteiger partial charge in [-0.1, -0.05) is 28.1 Å². The Kier molecular flexibility index (Phi) is 5.62. The molecule has 4 heteroatoms. The molecule has 0 atom stereocenters. The third kappa shape index (κ3) is 6.04. The highest BCUT2D eigenvalue weighted by molar-refractivity contribution is 9.10. The zero-order valence-electron chi connectivity index (χ0n) is 12.8. The van der Waals surface area contributed by atoms with E-state index in [9.17, 15) is 0 Å². The molecular weight excluding hydrogens is 330 g/mol. The second-order valence-corrected chi connectivity index (χ2v) is 7.06. The molecule has 1 N–H and O–H groups in total. The van der Waals surface area contributed by atoms with Gasteiger partial charge in [0.2, 0.25) is 0 Å². The molecule has 0 radical (unpaired) electrons. The van der Waals surface area contributed by atoms with Gasteiger partial charge >= 0.3 is 0 Å². The van der Waals surface area contributed by atoms with Crippen LogP contribution in [0.15, 0.2) is 45.5 Å². The molecule has 3 nitrogen and oxygen atoms in total. The molecule has 0 saturated carbocycles. The molecule has 21 heavy (non-hydrogen) atoms. The van der Waals surface area contributed by atoms with Crippen LogP contribution in [0.25, 0.3) is 0 Å². The van der Waals surface area contributed by atoms with Crippen molar-refractivity contribution in [2.75, 3.05) is 0 Å². The zero-order chi connectivity index (χ0) is 15.3. The van der Waals surface area contributed by atoms with Crippen LogP contribution in [-0.2, 0) is 24.5 Å². The van der Waals surface area contributed by atoms with Crippen LogP contribution in [0.4, 0.5) is 0 Å². The molecule has 0 fully saturated rings. The first-order valence-electron chi connectivity index (χ1n) is 7.06. The molecule has 0 aliphatic carbocycles. The second kappa shape index (κ2) is 7.25. The standard InChI is InChI=1S/C17H22BrNO2/c1-17(2,3)19-9-14-8-16(21-11-14)12-20-10-13-4-6-15(18)7-5-13/h4-8,11,19H,9-10,12H2,1-3H3. The van der Waals surface area contributed by atoms with Crippen molar-refractivity contribution in [1.29, 1.82) is 0 Å². The van der Waals surface area contributed by atoms with E-state index in [0.29, 0.717) is 13.2 Å². The third-order valence-electron chi connectivity index (χ3n) is 2.96. The highest BCUT2D eigenvalue weighted by atomic mass is 79.9. The lowest BCUT2D eigenvalue weighted by molar-refractivity contribution is 0.0929. The van der Waals surface area contributed by atoms with E-state index >= 15 is 0 Å². The molecule has 0 spiro atoms. The van der Waals surface area contributed by atoms with Crippen molar-refractivity contribution in [1.82, 2.24) is 5.32 Å². The summed E-state index contributed by atoms with van der Waals surface area (Å²) in [5, 5.41) is 3.43. The molecule has 114 valence electrons. The van der Waals surface area contributed by atoms with Gasteiger partial charge in [0.1, 0.15) is 12.4 Å². The summed E-state index contributed by atoms with van der Waals surface area (Å²) >= 11 is 3.42. The van der Waals surface area contributed by atoms with Crippen molar-refractivity contribution in [3.8, 4) is 0 Å². The van der Waals surface area contributed by atoms with Crippen molar-refractivity contribution in [2.24, 2.45) is 0 Å². The lowest BCUT2D eigenvalue weighted by Gasteiger charge is -2.19. The molecule has 0 amide bonds. The Hall–Kier alpha value is -1.10. The van der Waals surface area contributed by atoms with Crippen LogP contribution >= 0.6 is 15.9 Å². The summed E-state index contributed by atoms with van der Waals surface area (Å²) in [6.45, 7) is 8.33. The Balaban J connectivity index is 1.76. The Bertz CT molecular complexity index is 555. The Morgan fingerprint density at radius 1 is 1.10 bits per heavy atom. The highest BCUT2D eigenvalue weighted by Crippen LogP contribution is 2.14. The lowest BCUT2D eigenvalue weighted by Crippen LogP contribution is -2.34. The third-order valence-corrected chi connectivity index (χ3v) is 3.49. The summed E-state index contributed by atoms with van der Waals surface area (Å²) in [5.41, 5.74) is 2.40. The molecule has 2 rings (SSSR count). The van der Waals surface area contributed by atoms with Crippen molar-refractivity contribution >= 4 is 15.9 Å². The average molecular weight is 352 g/mol. The highest BCUT2D eigenvalue weighted by Gasteiger charge is 2.10. The summed E-state index contributed by atoms with van der Waals surface area (Å²) in [6, 6.07) is 10.2. The monoisotopic (exact) mass is 351 g/mol. The van der Waals surface area contributed by atoms with Gasteiger partial charge in [-0.15, -0.1) is 0 Å². The van der Waals surface area contributed by atoms with Gasteiger partial charge in [0.15, 0.2) is 0 Å². The van der Waals surface area contributed by atoms with Crippen molar-refractivity contribution < 1.29 is 9.15 Å². The van der Waals surface area contributed by atoms with Crippen LogP contribution in [0.2, 0.25) is 0 Å². The number of benzene rings is 1. The molecule has 0 aliphatic heterocycles. The predicted octanol–water partition coefficient (Wildman–Crippen LogP) is 4.65. The SMILES string of the molecule is CC(C)(C)NCc1coc(COCc2ccc(Br)cc2)c1. The molecule has 0 bridgehead atoms. The first-order chi connectivity index (χ1) is 9.92. The van der Waals surface area contributed by atoms with E-state index in [0.717, 1.165) is 27.9 Å². The predicted molar refractivity (Wildman–Crippen MR) is 87.9 cm³/mol. The van der Waals surface area contributed by atoms with Crippen LogP contribution in [0.3, 0.4) is 0 Å². The van der Waals surface area contributed by atoms with E-state index < -0.39 is 0 Å². The van der Waals surface area contributed by atoms with Gasteiger partial charge in [0.25, 0.3) is 0 Å². The first kappa shape index (κ1) is 16.3. The van der Waals surface area contributed by atoms with Gasteiger partial charge in [-0.2, -0.15) is 0 Å². The van der Waals surface area contributed by atoms with E-state index in [1.54, 1.807) is 6.26 Å². The van der Waals surface area contributed by atoms with Crippen LogP contribution in [0.1, 0.15) is 37.7 Å². The maximum absolute atomic E-state index is 5.67. The average Bonchev–Trinajstić information content (AvgIpc) is 2.86. The van der Waals surface area contributed by atoms with Gasteiger partial charge in [-0.3, -0.25) is 0 Å². The van der Waals surface area contributed by atoms with Crippen molar-refractivity contribution in [3.05, 3.63) is 58.0 Å². The Morgan fingerprint density at radius 3 is 2.48 bits per heavy atom. The lowest BCUT2D eigenvalue weighted by atomic mass is 10.1. The van der Waals surface area contributed by atoms with Crippen LogP contribution in [0.5, 0.6) is 0 Å². The van der Waals surface area contributed by atoms with E-state index in [1.807, 2.05) is 30.3 Å². The fraction of sp³-hybridized carbons (Fsp3) is 0.412. The number of halogens is 1. The Labute approximate surface area is 134 Å². The molecule has 1 heterocycles. The molecule has 2 aromatic rings. The molecule has 0 unspecified atom stereocenters. The molecule has 1 aromatic heterocycles. The summed E-state index contributed by atoms with van der Waals surface area (Å²) in [6.07, 6.45) is 1.79. The smallest absolute Gasteiger partial charge is 0.129 e. The van der Waals surface area contributed by atoms with Gasteiger partial charge in [-0.05, 0) is 44.5 Å². The molecule has 1 aromatic carbocycles. The minimum atomic E-state index is 0.107. The normalized spacial score (nSPS) is 11.8. The summed E-state index contributed by atoms with van der Waals surface area (Å²) < 4.78 is 12.3. The number of nitrogens with one attached hydrogen (secondary N) is 1. The number of rotatable bonds is 6. The number of furan rings is 1. The maximum Gasteiger partial charge on any atom is 0.129 e. The minimum Gasteiger partial charge on any atom is -0.467 e. The van der Waals surface area contributed by atoms with Crippen LogP contribution in [-0.4, -0.2) is 5.54 Å². The fourth-order valence-corrected chi connectivity index (χ4v) is 2.08. The Morgan fingerprint density at radius 2 is 1.81 bits per heavy atom. The maximum atomic E-state index is 5.67. The number of ether oxygens (including phenoxy) is 1. The summed E-state index contributed by atoms with van der Waals surface area (Å²) in [4.78, 5) is 0. The summed E-state index contributed by atoms with van der Waals surface area (Å²) in [7, 11) is 0. The van der Waals surface area contributed by atoms with Crippen molar-refractivity contribution in [2.45, 2.75) is 46.1 Å². The van der Waals surface area contributed by atoms with Gasteiger partial charge in [0, 0.05) is 22.1 Å². The molecule has 0 aliphatic rings. The van der Waals surface area contributed by atoms with Gasteiger partial charge in [-0.25, -0.2) is 0 Å².